The summed E-state index contributed by atoms with van der Waals surface area (Å²) in [5.41, 5.74) is 2.09. The minimum atomic E-state index is -0.805. The fourth-order valence-corrected chi connectivity index (χ4v) is 2.96. The quantitative estimate of drug-likeness (QED) is 0.455. The van der Waals surface area contributed by atoms with Gasteiger partial charge in [-0.05, 0) is 31.4 Å². The number of hydrogen-bond acceptors (Lipinski definition) is 8. The molecule has 0 aliphatic carbocycles. The lowest BCUT2D eigenvalue weighted by atomic mass is 10.1. The molecule has 0 aliphatic rings. The van der Waals surface area contributed by atoms with Gasteiger partial charge >= 0.3 is 0 Å². The van der Waals surface area contributed by atoms with Crippen molar-refractivity contribution in [3.05, 3.63) is 39.9 Å². The lowest BCUT2D eigenvalue weighted by Gasteiger charge is -2.13. The van der Waals surface area contributed by atoms with Crippen LogP contribution in [0.25, 0.3) is 4.85 Å². The molecule has 0 spiro atoms. The van der Waals surface area contributed by atoms with Crippen molar-refractivity contribution in [2.45, 2.75) is 33.4 Å². The van der Waals surface area contributed by atoms with Gasteiger partial charge < -0.3 is 10.4 Å². The van der Waals surface area contributed by atoms with E-state index in [1.54, 1.807) is 20.8 Å². The Bertz CT molecular complexity index is 988. The van der Waals surface area contributed by atoms with Crippen molar-refractivity contribution in [3.8, 4) is 12.1 Å². The van der Waals surface area contributed by atoms with Gasteiger partial charge in [-0.25, -0.2) is 9.83 Å². The van der Waals surface area contributed by atoms with E-state index in [0.717, 1.165) is 11.3 Å². The number of rotatable bonds is 5. The summed E-state index contributed by atoms with van der Waals surface area (Å²) in [6.07, 6.45) is 1.10. The van der Waals surface area contributed by atoms with Crippen molar-refractivity contribution in [1.82, 2.24) is 4.98 Å². The smallest absolute Gasteiger partial charge is 0.247 e. The summed E-state index contributed by atoms with van der Waals surface area (Å²) >= 11 is 1.09. The van der Waals surface area contributed by atoms with Crippen LogP contribution >= 0.6 is 11.3 Å². The third kappa shape index (κ3) is 3.68. The zero-order valence-electron chi connectivity index (χ0n) is 14.4. The third-order valence-electron chi connectivity index (χ3n) is 3.68. The molecule has 9 heteroatoms. The Morgan fingerprint density at radius 1 is 1.31 bits per heavy atom. The van der Waals surface area contributed by atoms with Crippen molar-refractivity contribution in [3.63, 3.8) is 0 Å². The van der Waals surface area contributed by atoms with Crippen LogP contribution in [-0.4, -0.2) is 16.3 Å². The predicted molar refractivity (Wildman–Crippen MR) is 97.8 cm³/mol. The van der Waals surface area contributed by atoms with Gasteiger partial charge in [-0.1, -0.05) is 6.92 Å². The van der Waals surface area contributed by atoms with Crippen molar-refractivity contribution >= 4 is 32.8 Å². The van der Waals surface area contributed by atoms with Crippen LogP contribution in [0.4, 0.5) is 21.5 Å². The molecule has 1 unspecified atom stereocenters. The van der Waals surface area contributed by atoms with Gasteiger partial charge in [0.15, 0.2) is 0 Å². The largest absolute Gasteiger partial charge is 0.374 e. The van der Waals surface area contributed by atoms with Crippen LogP contribution in [0.5, 0.6) is 0 Å². The second-order valence-electron chi connectivity index (χ2n) is 5.31. The van der Waals surface area contributed by atoms with Crippen molar-refractivity contribution < 1.29 is 5.11 Å². The van der Waals surface area contributed by atoms with E-state index in [4.69, 9.17) is 6.57 Å². The number of hydrogen-bond donors (Lipinski definition) is 2. The van der Waals surface area contributed by atoms with E-state index in [0.29, 0.717) is 38.8 Å². The monoisotopic (exact) mass is 365 g/mol. The average Bonchev–Trinajstić information content (AvgIpc) is 2.95. The van der Waals surface area contributed by atoms with Crippen LogP contribution in [-0.2, 0) is 0 Å². The summed E-state index contributed by atoms with van der Waals surface area (Å²) in [4.78, 5) is 7.51. The summed E-state index contributed by atoms with van der Waals surface area (Å²) in [5.74, 6) is 0.276. The highest BCUT2D eigenvalue weighted by atomic mass is 32.1. The first-order valence-electron chi connectivity index (χ1n) is 7.63. The van der Waals surface area contributed by atoms with Crippen LogP contribution in [0.3, 0.4) is 0 Å². The van der Waals surface area contributed by atoms with E-state index in [-0.39, 0.29) is 11.4 Å². The predicted octanol–water partition coefficient (Wildman–Crippen LogP) is 4.61. The number of azo groups is 1. The van der Waals surface area contributed by atoms with Gasteiger partial charge in [0, 0.05) is 0 Å². The highest BCUT2D eigenvalue weighted by Gasteiger charge is 2.16. The van der Waals surface area contributed by atoms with Gasteiger partial charge in [0.25, 0.3) is 0 Å². The fourth-order valence-electron chi connectivity index (χ4n) is 2.09. The van der Waals surface area contributed by atoms with Crippen molar-refractivity contribution in [2.24, 2.45) is 10.2 Å². The molecule has 0 amide bonds. The standard InChI is InChI=1S/C17H15N7OS/c1-5-14(25)22-15-11(6-18)9(2)13(8-21-15)23-24-17-12(7-19)10(3)16(20-4)26-17/h8,14,25H,5H2,1-3H3,(H,21,22). The molecule has 2 N–H and O–H groups in total. The molecular formula is C17H15N7OS. The minimum Gasteiger partial charge on any atom is -0.374 e. The third-order valence-corrected chi connectivity index (χ3v) is 4.75. The molecular weight excluding hydrogens is 350 g/mol. The fraction of sp³-hybridized carbons (Fsp3) is 0.294. The molecule has 1 atom stereocenters. The molecule has 8 nitrogen and oxygen atoms in total. The lowest BCUT2D eigenvalue weighted by Crippen LogP contribution is -2.19. The maximum absolute atomic E-state index is 9.70. The normalized spacial score (nSPS) is 11.6. The Labute approximate surface area is 154 Å². The van der Waals surface area contributed by atoms with Crippen LogP contribution in [0.1, 0.15) is 35.6 Å². The Balaban J connectivity index is 2.43. The summed E-state index contributed by atoms with van der Waals surface area (Å²) in [7, 11) is 0. The number of aliphatic hydroxyl groups excluding tert-OH is 1. The van der Waals surface area contributed by atoms with Gasteiger partial charge in [-0.3, -0.25) is 0 Å². The number of pyridine rings is 1. The van der Waals surface area contributed by atoms with E-state index in [2.05, 4.69) is 25.4 Å². The SMILES string of the molecule is [C-]#[N+]c1sc(N=Nc2cnc(NC(O)CC)c(C#N)c2C)c(C#N)c1C. The lowest BCUT2D eigenvalue weighted by molar-refractivity contribution is 0.199. The molecule has 0 saturated carbocycles. The van der Waals surface area contributed by atoms with Crippen LogP contribution < -0.4 is 5.32 Å². The number of nitriles is 2. The molecule has 0 fully saturated rings. The minimum absolute atomic E-state index is 0.263. The molecule has 2 rings (SSSR count). The Morgan fingerprint density at radius 3 is 2.58 bits per heavy atom. The number of nitrogens with one attached hydrogen (secondary N) is 1. The topological polar surface area (TPSA) is 122 Å². The van der Waals surface area contributed by atoms with Crippen LogP contribution in [0.15, 0.2) is 16.4 Å². The highest BCUT2D eigenvalue weighted by Crippen LogP contribution is 2.41. The summed E-state index contributed by atoms with van der Waals surface area (Å²) in [6, 6.07) is 4.09. The van der Waals surface area contributed by atoms with E-state index < -0.39 is 6.23 Å². The second-order valence-corrected chi connectivity index (χ2v) is 6.29. The van der Waals surface area contributed by atoms with Gasteiger partial charge in [0.1, 0.15) is 34.9 Å². The molecule has 2 aromatic heterocycles. The molecule has 0 bridgehead atoms. The molecule has 0 saturated heterocycles. The molecule has 0 radical (unpaired) electrons. The molecule has 2 heterocycles. The first-order chi connectivity index (χ1) is 12.5. The summed E-state index contributed by atoms with van der Waals surface area (Å²) in [5, 5.41) is 40.0. The van der Waals surface area contributed by atoms with E-state index in [1.807, 2.05) is 12.1 Å². The van der Waals surface area contributed by atoms with Gasteiger partial charge in [0.05, 0.1) is 23.9 Å². The Hall–Kier alpha value is -3.32. The Morgan fingerprint density at radius 2 is 2.00 bits per heavy atom. The average molecular weight is 365 g/mol. The number of aromatic nitrogens is 1. The van der Waals surface area contributed by atoms with Crippen LogP contribution in [0.2, 0.25) is 0 Å². The number of nitrogens with zero attached hydrogens (tertiary/aromatic N) is 6. The van der Waals surface area contributed by atoms with E-state index in [9.17, 15) is 15.6 Å². The maximum Gasteiger partial charge on any atom is 0.247 e. The van der Waals surface area contributed by atoms with Crippen molar-refractivity contribution in [1.29, 1.82) is 10.5 Å². The molecule has 26 heavy (non-hydrogen) atoms. The van der Waals surface area contributed by atoms with Gasteiger partial charge in [-0.2, -0.15) is 10.5 Å². The molecule has 130 valence electrons. The highest BCUT2D eigenvalue weighted by molar-refractivity contribution is 7.20. The first kappa shape index (κ1) is 19.0. The molecule has 0 aliphatic heterocycles. The number of thiophene rings is 1. The molecule has 2 aromatic rings. The van der Waals surface area contributed by atoms with E-state index in [1.165, 1.54) is 6.20 Å². The zero-order valence-corrected chi connectivity index (χ0v) is 15.2. The van der Waals surface area contributed by atoms with Gasteiger partial charge in [-0.15, -0.1) is 21.6 Å². The second kappa shape index (κ2) is 8.17. The maximum atomic E-state index is 9.70. The van der Waals surface area contributed by atoms with Crippen LogP contribution in [0, 0.1) is 43.1 Å². The van der Waals surface area contributed by atoms with Gasteiger partial charge in [0.2, 0.25) is 5.00 Å². The first-order valence-corrected chi connectivity index (χ1v) is 8.45. The number of anilines is 1. The zero-order chi connectivity index (χ0) is 19.3. The summed E-state index contributed by atoms with van der Waals surface area (Å²) in [6.45, 7) is 12.3. The number of aliphatic hydroxyl groups is 1. The Kier molecular flexibility index (Phi) is 5.98. The molecule has 0 aromatic carbocycles. The van der Waals surface area contributed by atoms with Crippen molar-refractivity contribution in [2.75, 3.05) is 5.32 Å². The summed E-state index contributed by atoms with van der Waals surface area (Å²) < 4.78 is 0. The van der Waals surface area contributed by atoms with E-state index >= 15 is 0 Å².